The van der Waals surface area contributed by atoms with Crippen molar-refractivity contribution in [2.24, 2.45) is 0 Å². The van der Waals surface area contributed by atoms with Crippen molar-refractivity contribution in [3.05, 3.63) is 23.8 Å². The lowest BCUT2D eigenvalue weighted by molar-refractivity contribution is -0.00533. The molecule has 0 unspecified atom stereocenters. The van der Waals surface area contributed by atoms with Crippen LogP contribution in [0, 0.1) is 6.92 Å². The van der Waals surface area contributed by atoms with Crippen LogP contribution in [0.25, 0.3) is 0 Å². The van der Waals surface area contributed by atoms with E-state index >= 15 is 0 Å². The third kappa shape index (κ3) is 1.61. The Morgan fingerprint density at radius 1 is 1.45 bits per heavy atom. The molecule has 1 rings (SSSR count). The molecule has 0 saturated carbocycles. The molecule has 0 fully saturated rings. The minimum Gasteiger partial charge on any atom is -0.385 e. The van der Waals surface area contributed by atoms with Gasteiger partial charge < -0.3 is 5.32 Å². The summed E-state index contributed by atoms with van der Waals surface area (Å²) in [5, 5.41) is 2.81. The highest BCUT2D eigenvalue weighted by molar-refractivity contribution is 5.56. The number of rotatable bonds is 2. The average molecular weight is 155 g/mol. The van der Waals surface area contributed by atoms with Crippen molar-refractivity contribution in [3.63, 3.8) is 0 Å². The number of aryl methyl sites for hydroxylation is 1. The lowest BCUT2D eigenvalue weighted by atomic mass is 10.2. The Balaban J connectivity index is 3.06. The number of anilines is 1. The lowest BCUT2D eigenvalue weighted by Gasteiger charge is -2.04. The Hall–Kier alpha value is -1.25. The first kappa shape index (κ1) is 7.85. The lowest BCUT2D eigenvalue weighted by Crippen LogP contribution is -1.91. The van der Waals surface area contributed by atoms with Crippen molar-refractivity contribution < 1.29 is 9.47 Å². The van der Waals surface area contributed by atoms with Crippen LogP contribution in [0.4, 0.5) is 10.2 Å². The average Bonchev–Trinajstić information content (AvgIpc) is 2.04. The van der Waals surface area contributed by atoms with E-state index in [0.29, 0.717) is 5.69 Å². The van der Waals surface area contributed by atoms with E-state index < -0.39 is 0 Å². The molecule has 0 spiro atoms. The van der Waals surface area contributed by atoms with Crippen LogP contribution in [-0.2, 0) is 0 Å². The fourth-order valence-corrected chi connectivity index (χ4v) is 0.900. The SMILES string of the molecule is CNc1ccc(C)cc1OF. The third-order valence-electron chi connectivity index (χ3n) is 1.49. The summed E-state index contributed by atoms with van der Waals surface area (Å²) >= 11 is 0. The van der Waals surface area contributed by atoms with Gasteiger partial charge in [0.2, 0.25) is 0 Å². The molecule has 1 aromatic rings. The minimum absolute atomic E-state index is 0.229. The first-order chi connectivity index (χ1) is 5.27. The van der Waals surface area contributed by atoms with Crippen molar-refractivity contribution in [3.8, 4) is 5.75 Å². The Bertz CT molecular complexity index is 250. The maximum Gasteiger partial charge on any atom is 0.195 e. The molecule has 0 radical (unpaired) electrons. The number of hydrogen-bond acceptors (Lipinski definition) is 2. The smallest absolute Gasteiger partial charge is 0.195 e. The Labute approximate surface area is 64.9 Å². The quantitative estimate of drug-likeness (QED) is 0.707. The first-order valence-corrected chi connectivity index (χ1v) is 3.35. The van der Waals surface area contributed by atoms with Crippen molar-refractivity contribution in [1.29, 1.82) is 0 Å². The molecule has 0 aliphatic heterocycles. The maximum absolute atomic E-state index is 11.8. The van der Waals surface area contributed by atoms with Crippen LogP contribution in [0.3, 0.4) is 0 Å². The van der Waals surface area contributed by atoms with Crippen LogP contribution in [0.5, 0.6) is 5.75 Å². The van der Waals surface area contributed by atoms with Gasteiger partial charge in [0.1, 0.15) is 0 Å². The monoisotopic (exact) mass is 155 g/mol. The first-order valence-electron chi connectivity index (χ1n) is 3.35. The second-order valence-electron chi connectivity index (χ2n) is 2.33. The summed E-state index contributed by atoms with van der Waals surface area (Å²) in [7, 11) is 1.72. The topological polar surface area (TPSA) is 21.3 Å². The zero-order valence-corrected chi connectivity index (χ0v) is 6.52. The van der Waals surface area contributed by atoms with Gasteiger partial charge in [-0.05, 0) is 24.6 Å². The van der Waals surface area contributed by atoms with Crippen LogP contribution in [-0.4, -0.2) is 7.05 Å². The zero-order valence-electron chi connectivity index (χ0n) is 6.52. The molecule has 60 valence electrons. The second-order valence-corrected chi connectivity index (χ2v) is 2.33. The van der Waals surface area contributed by atoms with Gasteiger partial charge in [-0.2, -0.15) is 0 Å². The van der Waals surface area contributed by atoms with E-state index in [1.54, 1.807) is 19.2 Å². The van der Waals surface area contributed by atoms with Gasteiger partial charge in [0.15, 0.2) is 5.75 Å². The van der Waals surface area contributed by atoms with Crippen molar-refractivity contribution in [2.45, 2.75) is 6.92 Å². The summed E-state index contributed by atoms with van der Waals surface area (Å²) in [6.45, 7) is 1.88. The molecule has 0 heterocycles. The van der Waals surface area contributed by atoms with Gasteiger partial charge in [-0.15, -0.1) is 0 Å². The molecular formula is C8H10FNO. The van der Waals surface area contributed by atoms with Gasteiger partial charge in [0.25, 0.3) is 0 Å². The fourth-order valence-electron chi connectivity index (χ4n) is 0.900. The van der Waals surface area contributed by atoms with Crippen molar-refractivity contribution >= 4 is 5.69 Å². The highest BCUT2D eigenvalue weighted by Crippen LogP contribution is 2.24. The summed E-state index contributed by atoms with van der Waals surface area (Å²) in [4.78, 5) is 3.65. The molecule has 11 heavy (non-hydrogen) atoms. The highest BCUT2D eigenvalue weighted by Gasteiger charge is 2.01. The molecule has 0 aliphatic rings. The van der Waals surface area contributed by atoms with Crippen LogP contribution in [0.1, 0.15) is 5.56 Å². The van der Waals surface area contributed by atoms with E-state index in [4.69, 9.17) is 0 Å². The van der Waals surface area contributed by atoms with E-state index in [2.05, 4.69) is 10.3 Å². The Morgan fingerprint density at radius 3 is 2.73 bits per heavy atom. The second kappa shape index (κ2) is 3.23. The van der Waals surface area contributed by atoms with Gasteiger partial charge in [0.05, 0.1) is 5.69 Å². The van der Waals surface area contributed by atoms with Crippen LogP contribution in [0.2, 0.25) is 0 Å². The molecule has 3 heteroatoms. The number of halogens is 1. The predicted octanol–water partition coefficient (Wildman–Crippen LogP) is 2.30. The Morgan fingerprint density at radius 2 is 2.18 bits per heavy atom. The molecule has 1 N–H and O–H groups in total. The van der Waals surface area contributed by atoms with Crippen LogP contribution in [0.15, 0.2) is 18.2 Å². The molecule has 0 atom stereocenters. The number of hydrogen-bond donors (Lipinski definition) is 1. The summed E-state index contributed by atoms with van der Waals surface area (Å²) in [6, 6.07) is 5.28. The summed E-state index contributed by atoms with van der Waals surface area (Å²) < 4.78 is 11.8. The van der Waals surface area contributed by atoms with E-state index in [1.165, 1.54) is 0 Å². The van der Waals surface area contributed by atoms with Crippen molar-refractivity contribution in [1.82, 2.24) is 0 Å². The van der Waals surface area contributed by atoms with Gasteiger partial charge in [-0.25, -0.2) is 0 Å². The van der Waals surface area contributed by atoms with E-state index in [0.717, 1.165) is 5.56 Å². The maximum atomic E-state index is 11.8. The molecule has 0 saturated heterocycles. The predicted molar refractivity (Wildman–Crippen MR) is 42.5 cm³/mol. The molecule has 0 amide bonds. The molecule has 0 aromatic heterocycles. The normalized spacial score (nSPS) is 9.36. The Kier molecular flexibility index (Phi) is 2.31. The van der Waals surface area contributed by atoms with Gasteiger partial charge >= 0.3 is 0 Å². The summed E-state index contributed by atoms with van der Waals surface area (Å²) in [5.41, 5.74) is 1.62. The van der Waals surface area contributed by atoms with E-state index in [-0.39, 0.29) is 5.75 Å². The molecular weight excluding hydrogens is 145 g/mol. The highest BCUT2D eigenvalue weighted by atomic mass is 19.3. The van der Waals surface area contributed by atoms with E-state index in [9.17, 15) is 4.53 Å². The van der Waals surface area contributed by atoms with Gasteiger partial charge in [0, 0.05) is 11.6 Å². The zero-order chi connectivity index (χ0) is 8.27. The molecule has 1 aromatic carbocycles. The molecule has 2 nitrogen and oxygen atoms in total. The fraction of sp³-hybridized carbons (Fsp3) is 0.250. The van der Waals surface area contributed by atoms with Gasteiger partial charge in [-0.3, -0.25) is 4.94 Å². The number of benzene rings is 1. The van der Waals surface area contributed by atoms with Crippen LogP contribution < -0.4 is 10.3 Å². The summed E-state index contributed by atoms with van der Waals surface area (Å²) in [6.07, 6.45) is 0. The minimum atomic E-state index is 0.229. The standard InChI is InChI=1S/C8H10FNO/c1-6-3-4-7(10-2)8(5-6)11-9/h3-5,10H,1-2H3. The molecule has 0 bridgehead atoms. The van der Waals surface area contributed by atoms with Crippen molar-refractivity contribution in [2.75, 3.05) is 12.4 Å². The van der Waals surface area contributed by atoms with E-state index in [1.807, 2.05) is 13.0 Å². The largest absolute Gasteiger partial charge is 0.385 e. The van der Waals surface area contributed by atoms with Crippen LogP contribution >= 0.6 is 0 Å². The third-order valence-corrected chi connectivity index (χ3v) is 1.49. The van der Waals surface area contributed by atoms with Gasteiger partial charge in [-0.1, -0.05) is 6.07 Å². The summed E-state index contributed by atoms with van der Waals surface area (Å²) in [5.74, 6) is 0.229. The molecule has 0 aliphatic carbocycles. The number of nitrogens with one attached hydrogen (secondary N) is 1.